The van der Waals surface area contributed by atoms with E-state index in [4.69, 9.17) is 23.2 Å². The first-order valence-corrected chi connectivity index (χ1v) is 9.64. The largest absolute Gasteiger partial charge is 0.395 e. The summed E-state index contributed by atoms with van der Waals surface area (Å²) in [4.78, 5) is 1.62. The predicted molar refractivity (Wildman–Crippen MR) is 109 cm³/mol. The van der Waals surface area contributed by atoms with Crippen LogP contribution in [0.4, 0.5) is 0 Å². The molecule has 0 aliphatic rings. The Kier molecular flexibility index (Phi) is 6.85. The van der Waals surface area contributed by atoms with Crippen LogP contribution in [-0.4, -0.2) is 32.7 Å². The number of aromatic nitrogens is 3. The van der Waals surface area contributed by atoms with Gasteiger partial charge in [0.15, 0.2) is 0 Å². The van der Waals surface area contributed by atoms with Crippen LogP contribution >= 0.6 is 23.2 Å². The number of hydrogen-bond acceptors (Lipinski definition) is 4. The zero-order valence-corrected chi connectivity index (χ0v) is 16.6. The Balaban J connectivity index is 1.92. The zero-order chi connectivity index (χ0) is 19.2. The van der Waals surface area contributed by atoms with Crippen LogP contribution in [0.5, 0.6) is 0 Å². The standard InChI is InChI=1S/C20H22Cl2N4O/c1-2-15(13-27)23-11-19-20(14-7-4-3-5-8-14)25-26(24-19)12-16-17(21)9-6-10-18(16)22/h3-10,15,23,27H,2,11-13H2,1H3/t15-/m1/s1. The lowest BCUT2D eigenvalue weighted by Crippen LogP contribution is -2.31. The maximum absolute atomic E-state index is 9.42. The second kappa shape index (κ2) is 9.33. The predicted octanol–water partition coefficient (Wildman–Crippen LogP) is 4.16. The number of rotatable bonds is 8. The van der Waals surface area contributed by atoms with E-state index in [2.05, 4.69) is 15.5 Å². The van der Waals surface area contributed by atoms with Crippen molar-refractivity contribution >= 4 is 23.2 Å². The quantitative estimate of drug-likeness (QED) is 0.591. The van der Waals surface area contributed by atoms with E-state index in [0.717, 1.165) is 28.9 Å². The van der Waals surface area contributed by atoms with Gasteiger partial charge < -0.3 is 10.4 Å². The first kappa shape index (κ1) is 19.8. The first-order chi connectivity index (χ1) is 13.1. The minimum absolute atomic E-state index is 0.0248. The number of benzene rings is 2. The highest BCUT2D eigenvalue weighted by atomic mass is 35.5. The molecule has 0 radical (unpaired) electrons. The van der Waals surface area contributed by atoms with Gasteiger partial charge >= 0.3 is 0 Å². The summed E-state index contributed by atoms with van der Waals surface area (Å²) in [5.74, 6) is 0. The van der Waals surface area contributed by atoms with Crippen LogP contribution in [0.25, 0.3) is 11.3 Å². The van der Waals surface area contributed by atoms with Crippen molar-refractivity contribution < 1.29 is 5.11 Å². The van der Waals surface area contributed by atoms with Crippen molar-refractivity contribution in [3.63, 3.8) is 0 Å². The van der Waals surface area contributed by atoms with Crippen molar-refractivity contribution in [3.05, 3.63) is 69.8 Å². The maximum Gasteiger partial charge on any atom is 0.117 e. The Morgan fingerprint density at radius 3 is 2.37 bits per heavy atom. The molecular formula is C20H22Cl2N4O. The minimum Gasteiger partial charge on any atom is -0.395 e. The molecular weight excluding hydrogens is 383 g/mol. The highest BCUT2D eigenvalue weighted by molar-refractivity contribution is 6.35. The summed E-state index contributed by atoms with van der Waals surface area (Å²) in [6.07, 6.45) is 0.834. The van der Waals surface area contributed by atoms with Crippen LogP contribution in [-0.2, 0) is 13.1 Å². The molecule has 0 unspecified atom stereocenters. The Labute approximate surface area is 168 Å². The number of nitrogens with one attached hydrogen (secondary N) is 1. The molecule has 0 aliphatic heterocycles. The van der Waals surface area contributed by atoms with E-state index in [9.17, 15) is 5.11 Å². The molecule has 3 rings (SSSR count). The number of aliphatic hydroxyl groups is 1. The maximum atomic E-state index is 9.42. The van der Waals surface area contributed by atoms with Crippen LogP contribution in [0.3, 0.4) is 0 Å². The topological polar surface area (TPSA) is 63.0 Å². The van der Waals surface area contributed by atoms with Crippen molar-refractivity contribution in [2.75, 3.05) is 6.61 Å². The summed E-state index contributed by atoms with van der Waals surface area (Å²) >= 11 is 12.6. The van der Waals surface area contributed by atoms with Crippen LogP contribution in [0.2, 0.25) is 10.0 Å². The molecule has 0 fully saturated rings. The van der Waals surface area contributed by atoms with E-state index in [1.807, 2.05) is 43.3 Å². The molecule has 0 amide bonds. The molecule has 2 aromatic carbocycles. The number of hydrogen-bond donors (Lipinski definition) is 2. The number of halogens is 2. The minimum atomic E-state index is 0.0248. The molecule has 0 spiro atoms. The van der Waals surface area contributed by atoms with Gasteiger partial charge in [0, 0.05) is 33.8 Å². The van der Waals surface area contributed by atoms with Gasteiger partial charge in [-0.2, -0.15) is 15.0 Å². The molecule has 0 saturated carbocycles. The number of aliphatic hydroxyl groups excluding tert-OH is 1. The van der Waals surface area contributed by atoms with E-state index in [1.165, 1.54) is 0 Å². The summed E-state index contributed by atoms with van der Waals surface area (Å²) in [6, 6.07) is 15.4. The third-order valence-corrected chi connectivity index (χ3v) is 5.11. The summed E-state index contributed by atoms with van der Waals surface area (Å²) in [6.45, 7) is 3.01. The van der Waals surface area contributed by atoms with E-state index in [-0.39, 0.29) is 12.6 Å². The highest BCUT2D eigenvalue weighted by Gasteiger charge is 2.16. The fourth-order valence-electron chi connectivity index (χ4n) is 2.80. The summed E-state index contributed by atoms with van der Waals surface area (Å²) in [5, 5.41) is 23.2. The van der Waals surface area contributed by atoms with E-state index in [1.54, 1.807) is 16.9 Å². The van der Waals surface area contributed by atoms with Gasteiger partial charge in [-0.05, 0) is 18.6 Å². The lowest BCUT2D eigenvalue weighted by Gasteiger charge is -2.12. The summed E-state index contributed by atoms with van der Waals surface area (Å²) in [7, 11) is 0. The van der Waals surface area contributed by atoms with Crippen LogP contribution in [0, 0.1) is 0 Å². The molecule has 0 bridgehead atoms. The van der Waals surface area contributed by atoms with Gasteiger partial charge in [-0.25, -0.2) is 0 Å². The highest BCUT2D eigenvalue weighted by Crippen LogP contribution is 2.26. The Hall–Kier alpha value is -1.92. The Morgan fingerprint density at radius 2 is 1.74 bits per heavy atom. The van der Waals surface area contributed by atoms with Crippen LogP contribution in [0.1, 0.15) is 24.6 Å². The normalized spacial score (nSPS) is 12.3. The van der Waals surface area contributed by atoms with E-state index in [0.29, 0.717) is 23.1 Å². The Bertz CT molecular complexity index is 859. The van der Waals surface area contributed by atoms with Crippen molar-refractivity contribution in [1.82, 2.24) is 20.3 Å². The first-order valence-electron chi connectivity index (χ1n) is 8.89. The molecule has 3 aromatic rings. The third-order valence-electron chi connectivity index (χ3n) is 4.40. The lowest BCUT2D eigenvalue weighted by molar-refractivity contribution is 0.238. The smallest absolute Gasteiger partial charge is 0.117 e. The average Bonchev–Trinajstić information content (AvgIpc) is 3.09. The van der Waals surface area contributed by atoms with Gasteiger partial charge in [-0.1, -0.05) is 66.5 Å². The molecule has 1 atom stereocenters. The van der Waals surface area contributed by atoms with E-state index >= 15 is 0 Å². The monoisotopic (exact) mass is 404 g/mol. The van der Waals surface area contributed by atoms with Gasteiger partial charge in [0.2, 0.25) is 0 Å². The molecule has 2 N–H and O–H groups in total. The molecule has 1 aromatic heterocycles. The number of nitrogens with zero attached hydrogens (tertiary/aromatic N) is 3. The second-order valence-electron chi connectivity index (χ2n) is 6.26. The van der Waals surface area contributed by atoms with Crippen LogP contribution < -0.4 is 5.32 Å². The molecule has 142 valence electrons. The lowest BCUT2D eigenvalue weighted by atomic mass is 10.1. The van der Waals surface area contributed by atoms with Gasteiger partial charge in [0.1, 0.15) is 11.4 Å². The van der Waals surface area contributed by atoms with Crippen molar-refractivity contribution in [2.45, 2.75) is 32.5 Å². The summed E-state index contributed by atoms with van der Waals surface area (Å²) < 4.78 is 0. The van der Waals surface area contributed by atoms with Gasteiger partial charge in [-0.15, -0.1) is 0 Å². The SMILES string of the molecule is CC[C@H](CO)NCc1nn(Cc2c(Cl)cccc2Cl)nc1-c1ccccc1. The fraction of sp³-hybridized carbons (Fsp3) is 0.300. The summed E-state index contributed by atoms with van der Waals surface area (Å²) in [5.41, 5.74) is 3.40. The van der Waals surface area contributed by atoms with E-state index < -0.39 is 0 Å². The molecule has 1 heterocycles. The van der Waals surface area contributed by atoms with Crippen molar-refractivity contribution in [1.29, 1.82) is 0 Å². The molecule has 27 heavy (non-hydrogen) atoms. The fourth-order valence-corrected chi connectivity index (χ4v) is 3.31. The van der Waals surface area contributed by atoms with Gasteiger partial charge in [0.05, 0.1) is 13.2 Å². The Morgan fingerprint density at radius 1 is 1.04 bits per heavy atom. The zero-order valence-electron chi connectivity index (χ0n) is 15.1. The van der Waals surface area contributed by atoms with Gasteiger partial charge in [-0.3, -0.25) is 0 Å². The average molecular weight is 405 g/mol. The molecule has 0 saturated heterocycles. The second-order valence-corrected chi connectivity index (χ2v) is 7.07. The van der Waals surface area contributed by atoms with Crippen molar-refractivity contribution in [3.8, 4) is 11.3 Å². The molecule has 7 heteroatoms. The molecule has 5 nitrogen and oxygen atoms in total. The molecule has 0 aliphatic carbocycles. The van der Waals surface area contributed by atoms with Crippen molar-refractivity contribution in [2.24, 2.45) is 0 Å². The third kappa shape index (κ3) is 4.87. The van der Waals surface area contributed by atoms with Crippen LogP contribution in [0.15, 0.2) is 48.5 Å². The van der Waals surface area contributed by atoms with Gasteiger partial charge in [0.25, 0.3) is 0 Å².